The Hall–Kier alpha value is -1.95. The van der Waals surface area contributed by atoms with Crippen LogP contribution < -0.4 is 10.5 Å². The molecule has 0 aliphatic carbocycles. The van der Waals surface area contributed by atoms with E-state index in [9.17, 15) is 4.39 Å². The molecule has 0 saturated carbocycles. The zero-order valence-electron chi connectivity index (χ0n) is 11.4. The lowest BCUT2D eigenvalue weighted by Crippen LogP contribution is -1.98. The maximum absolute atomic E-state index is 13.3. The lowest BCUT2D eigenvalue weighted by Gasteiger charge is -2.02. The molecule has 0 atom stereocenters. The van der Waals surface area contributed by atoms with Gasteiger partial charge in [0.25, 0.3) is 0 Å². The third kappa shape index (κ3) is 3.54. The standard InChI is InChI=1S/C14H18FN3O2/c1-19-12-9-10(6-7-11(12)15)14-17-13(20-18-14)5-3-2-4-8-16/h6-7,9H,2-5,8,16H2,1H3. The van der Waals surface area contributed by atoms with E-state index in [-0.39, 0.29) is 5.75 Å². The SMILES string of the molecule is COc1cc(-c2noc(CCCCCN)n2)ccc1F. The molecule has 0 radical (unpaired) electrons. The molecule has 0 aliphatic heterocycles. The molecule has 20 heavy (non-hydrogen) atoms. The number of rotatable bonds is 7. The summed E-state index contributed by atoms with van der Waals surface area (Å²) in [6, 6.07) is 4.48. The minimum absolute atomic E-state index is 0.164. The van der Waals surface area contributed by atoms with Crippen molar-refractivity contribution in [3.63, 3.8) is 0 Å². The number of nitrogens with zero attached hydrogens (tertiary/aromatic N) is 2. The number of benzene rings is 1. The first-order valence-corrected chi connectivity index (χ1v) is 6.61. The maximum atomic E-state index is 13.3. The van der Waals surface area contributed by atoms with Crippen LogP contribution in [0.5, 0.6) is 5.75 Å². The molecule has 0 bridgehead atoms. The van der Waals surface area contributed by atoms with Gasteiger partial charge in [-0.3, -0.25) is 0 Å². The predicted molar refractivity (Wildman–Crippen MR) is 72.9 cm³/mol. The van der Waals surface area contributed by atoms with Crippen molar-refractivity contribution in [1.29, 1.82) is 0 Å². The van der Waals surface area contributed by atoms with Crippen LogP contribution in [-0.4, -0.2) is 23.8 Å². The molecule has 1 heterocycles. The number of hydrogen-bond donors (Lipinski definition) is 1. The highest BCUT2D eigenvalue weighted by molar-refractivity contribution is 5.57. The summed E-state index contributed by atoms with van der Waals surface area (Å²) in [5.74, 6) is 0.774. The molecule has 6 heteroatoms. The topological polar surface area (TPSA) is 74.2 Å². The molecule has 108 valence electrons. The molecule has 0 fully saturated rings. The van der Waals surface area contributed by atoms with Crippen molar-refractivity contribution in [2.75, 3.05) is 13.7 Å². The zero-order chi connectivity index (χ0) is 14.4. The molecular weight excluding hydrogens is 261 g/mol. The number of aromatic nitrogens is 2. The average Bonchev–Trinajstić information content (AvgIpc) is 2.93. The van der Waals surface area contributed by atoms with Crippen LogP contribution in [0.4, 0.5) is 4.39 Å². The number of halogens is 1. The van der Waals surface area contributed by atoms with Gasteiger partial charge in [0.1, 0.15) is 0 Å². The van der Waals surface area contributed by atoms with Gasteiger partial charge < -0.3 is 15.0 Å². The minimum atomic E-state index is -0.415. The molecule has 0 spiro atoms. The first-order chi connectivity index (χ1) is 9.74. The number of ether oxygens (including phenoxy) is 1. The Morgan fingerprint density at radius 3 is 2.90 bits per heavy atom. The highest BCUT2D eigenvalue weighted by Crippen LogP contribution is 2.24. The first-order valence-electron chi connectivity index (χ1n) is 6.61. The number of aryl methyl sites for hydroxylation is 1. The summed E-state index contributed by atoms with van der Waals surface area (Å²) < 4.78 is 23.4. The van der Waals surface area contributed by atoms with E-state index in [0.29, 0.717) is 23.8 Å². The fourth-order valence-corrected chi connectivity index (χ4v) is 1.87. The number of methoxy groups -OCH3 is 1. The fraction of sp³-hybridized carbons (Fsp3) is 0.429. The molecular formula is C14H18FN3O2. The van der Waals surface area contributed by atoms with E-state index >= 15 is 0 Å². The maximum Gasteiger partial charge on any atom is 0.226 e. The van der Waals surface area contributed by atoms with E-state index in [2.05, 4.69) is 10.1 Å². The second-order valence-electron chi connectivity index (χ2n) is 4.46. The molecule has 0 amide bonds. The van der Waals surface area contributed by atoms with E-state index in [4.69, 9.17) is 15.0 Å². The Morgan fingerprint density at radius 1 is 1.30 bits per heavy atom. The van der Waals surface area contributed by atoms with E-state index in [1.54, 1.807) is 12.1 Å². The molecule has 0 unspecified atom stereocenters. The largest absolute Gasteiger partial charge is 0.494 e. The molecule has 1 aromatic carbocycles. The van der Waals surface area contributed by atoms with Gasteiger partial charge in [0, 0.05) is 12.0 Å². The summed E-state index contributed by atoms with van der Waals surface area (Å²) in [5, 5.41) is 3.90. The lowest BCUT2D eigenvalue weighted by molar-refractivity contribution is 0.374. The van der Waals surface area contributed by atoms with Gasteiger partial charge in [-0.25, -0.2) is 4.39 Å². The monoisotopic (exact) mass is 279 g/mol. The van der Waals surface area contributed by atoms with Gasteiger partial charge in [0.05, 0.1) is 7.11 Å². The Labute approximate surface area is 116 Å². The third-order valence-electron chi connectivity index (χ3n) is 2.97. The number of hydrogen-bond acceptors (Lipinski definition) is 5. The van der Waals surface area contributed by atoms with E-state index in [1.165, 1.54) is 13.2 Å². The Bertz CT molecular complexity index is 557. The highest BCUT2D eigenvalue weighted by atomic mass is 19.1. The van der Waals surface area contributed by atoms with Gasteiger partial charge in [0.15, 0.2) is 11.6 Å². The van der Waals surface area contributed by atoms with Crippen LogP contribution in [0.2, 0.25) is 0 Å². The van der Waals surface area contributed by atoms with E-state index < -0.39 is 5.82 Å². The van der Waals surface area contributed by atoms with Crippen molar-refractivity contribution >= 4 is 0 Å². The number of nitrogens with two attached hydrogens (primary N) is 1. The first kappa shape index (κ1) is 14.5. The molecule has 5 nitrogen and oxygen atoms in total. The van der Waals surface area contributed by atoms with Gasteiger partial charge in [-0.1, -0.05) is 11.6 Å². The van der Waals surface area contributed by atoms with Crippen LogP contribution in [0, 0.1) is 5.82 Å². The Balaban J connectivity index is 2.04. The van der Waals surface area contributed by atoms with E-state index in [0.717, 1.165) is 25.7 Å². The van der Waals surface area contributed by atoms with Crippen LogP contribution in [0.1, 0.15) is 25.2 Å². The molecule has 2 N–H and O–H groups in total. The lowest BCUT2D eigenvalue weighted by atomic mass is 10.2. The van der Waals surface area contributed by atoms with Gasteiger partial charge in [-0.05, 0) is 37.6 Å². The average molecular weight is 279 g/mol. The van der Waals surface area contributed by atoms with Crippen molar-refractivity contribution < 1.29 is 13.7 Å². The second kappa shape index (κ2) is 7.00. The van der Waals surface area contributed by atoms with Gasteiger partial charge in [0.2, 0.25) is 11.7 Å². The van der Waals surface area contributed by atoms with Crippen LogP contribution in [-0.2, 0) is 6.42 Å². The smallest absolute Gasteiger partial charge is 0.226 e. The minimum Gasteiger partial charge on any atom is -0.494 e. The normalized spacial score (nSPS) is 10.8. The predicted octanol–water partition coefficient (Wildman–Crippen LogP) is 2.56. The Kier molecular flexibility index (Phi) is 5.06. The van der Waals surface area contributed by atoms with Gasteiger partial charge >= 0.3 is 0 Å². The summed E-state index contributed by atoms with van der Waals surface area (Å²) in [6.07, 6.45) is 3.73. The van der Waals surface area contributed by atoms with Crippen molar-refractivity contribution in [1.82, 2.24) is 10.1 Å². The fourth-order valence-electron chi connectivity index (χ4n) is 1.87. The van der Waals surface area contributed by atoms with Crippen molar-refractivity contribution in [2.45, 2.75) is 25.7 Å². The summed E-state index contributed by atoms with van der Waals surface area (Å²) in [4.78, 5) is 4.30. The quantitative estimate of drug-likeness (QED) is 0.788. The van der Waals surface area contributed by atoms with Gasteiger partial charge in [-0.15, -0.1) is 0 Å². The van der Waals surface area contributed by atoms with Crippen LogP contribution in [0.25, 0.3) is 11.4 Å². The van der Waals surface area contributed by atoms with Crippen molar-refractivity contribution in [3.05, 3.63) is 29.9 Å². The third-order valence-corrected chi connectivity index (χ3v) is 2.97. The molecule has 2 aromatic rings. The van der Waals surface area contributed by atoms with Crippen LogP contribution >= 0.6 is 0 Å². The summed E-state index contributed by atoms with van der Waals surface area (Å²) in [6.45, 7) is 0.699. The van der Waals surface area contributed by atoms with Crippen molar-refractivity contribution in [3.8, 4) is 17.1 Å². The molecule has 0 saturated heterocycles. The van der Waals surface area contributed by atoms with Gasteiger partial charge in [-0.2, -0.15) is 4.98 Å². The van der Waals surface area contributed by atoms with Crippen LogP contribution in [0.3, 0.4) is 0 Å². The Morgan fingerprint density at radius 2 is 2.15 bits per heavy atom. The summed E-state index contributed by atoms with van der Waals surface area (Å²) >= 11 is 0. The summed E-state index contributed by atoms with van der Waals surface area (Å²) in [5.41, 5.74) is 6.10. The summed E-state index contributed by atoms with van der Waals surface area (Å²) in [7, 11) is 1.42. The van der Waals surface area contributed by atoms with Crippen molar-refractivity contribution in [2.24, 2.45) is 5.73 Å². The second-order valence-corrected chi connectivity index (χ2v) is 4.46. The molecule has 1 aromatic heterocycles. The highest BCUT2D eigenvalue weighted by Gasteiger charge is 2.11. The number of unbranched alkanes of at least 4 members (excludes halogenated alkanes) is 2. The molecule has 0 aliphatic rings. The zero-order valence-corrected chi connectivity index (χ0v) is 11.4. The van der Waals surface area contributed by atoms with E-state index in [1.807, 2.05) is 0 Å². The van der Waals surface area contributed by atoms with Crippen LogP contribution in [0.15, 0.2) is 22.7 Å². The molecule has 2 rings (SSSR count).